The van der Waals surface area contributed by atoms with E-state index in [4.69, 9.17) is 14.6 Å². The molecule has 0 fully saturated rings. The molecule has 0 aromatic heterocycles. The minimum absolute atomic E-state index is 0.334. The lowest BCUT2D eigenvalue weighted by atomic mass is 10.0. The van der Waals surface area contributed by atoms with E-state index in [1.165, 1.54) is 0 Å². The molecule has 1 aliphatic heterocycles. The largest absolute Gasteiger partial charge is 0.492 e. The zero-order chi connectivity index (χ0) is 12.4. The van der Waals surface area contributed by atoms with Crippen LogP contribution in [0.1, 0.15) is 17.5 Å². The number of carbonyl (C=O) groups is 1. The Bertz CT molecular complexity index is 456. The van der Waals surface area contributed by atoms with Crippen molar-refractivity contribution in [3.8, 4) is 11.5 Å². The summed E-state index contributed by atoms with van der Waals surface area (Å²) in [7, 11) is 0. The van der Waals surface area contributed by atoms with Gasteiger partial charge < -0.3 is 14.6 Å². The molecule has 0 aliphatic carbocycles. The average Bonchev–Trinajstić information content (AvgIpc) is 2.28. The van der Waals surface area contributed by atoms with Crippen molar-refractivity contribution in [2.45, 2.75) is 24.7 Å². The molecule has 1 aliphatic rings. The monoisotopic (exact) mass is 254 g/mol. The molecule has 1 N–H and O–H groups in total. The molecule has 5 heteroatoms. The Morgan fingerprint density at radius 3 is 3.12 bits per heavy atom. The first kappa shape index (κ1) is 12.1. The normalized spacial score (nSPS) is 13.8. The average molecular weight is 254 g/mol. The Morgan fingerprint density at radius 2 is 2.41 bits per heavy atom. The van der Waals surface area contributed by atoms with Gasteiger partial charge in [-0.3, -0.25) is 0 Å². The Morgan fingerprint density at radius 1 is 1.65 bits per heavy atom. The molecular weight excluding hydrogens is 240 g/mol. The quantitative estimate of drug-likeness (QED) is 0.811. The number of hydrogen-bond acceptors (Lipinski definition) is 4. The van der Waals surface area contributed by atoms with Crippen LogP contribution in [0.5, 0.6) is 11.5 Å². The molecule has 0 radical (unpaired) electrons. The molecule has 1 aromatic rings. The van der Waals surface area contributed by atoms with Crippen LogP contribution in [-0.4, -0.2) is 24.3 Å². The SMILES string of the molecule is Cc1cc(S)c2c(c1OCC(=O)O)CCCO2. The first-order valence-corrected chi connectivity index (χ1v) is 5.87. The standard InChI is InChI=1S/C12H14O4S/c1-7-5-9(17)12-8(3-2-4-15-12)11(7)16-6-10(13)14/h5,17H,2-4,6H2,1H3,(H,13,14). The number of carboxylic acid groups (broad SMARTS) is 1. The van der Waals surface area contributed by atoms with E-state index in [-0.39, 0.29) is 6.61 Å². The van der Waals surface area contributed by atoms with Crippen molar-refractivity contribution in [3.63, 3.8) is 0 Å². The van der Waals surface area contributed by atoms with Gasteiger partial charge in [0.15, 0.2) is 6.61 Å². The molecule has 92 valence electrons. The van der Waals surface area contributed by atoms with E-state index in [0.717, 1.165) is 34.6 Å². The van der Waals surface area contributed by atoms with E-state index < -0.39 is 5.97 Å². The topological polar surface area (TPSA) is 55.8 Å². The lowest BCUT2D eigenvalue weighted by Gasteiger charge is -2.23. The van der Waals surface area contributed by atoms with Gasteiger partial charge >= 0.3 is 5.97 Å². The first-order chi connectivity index (χ1) is 8.09. The third kappa shape index (κ3) is 2.49. The van der Waals surface area contributed by atoms with Crippen LogP contribution in [0.4, 0.5) is 0 Å². The minimum Gasteiger partial charge on any atom is -0.492 e. The fourth-order valence-corrected chi connectivity index (χ4v) is 2.37. The van der Waals surface area contributed by atoms with Gasteiger partial charge in [0, 0.05) is 10.5 Å². The number of benzene rings is 1. The van der Waals surface area contributed by atoms with Crippen LogP contribution < -0.4 is 9.47 Å². The number of aryl methyl sites for hydroxylation is 1. The molecule has 1 aromatic carbocycles. The highest BCUT2D eigenvalue weighted by Crippen LogP contribution is 2.40. The lowest BCUT2D eigenvalue weighted by molar-refractivity contribution is -0.139. The summed E-state index contributed by atoms with van der Waals surface area (Å²) in [6.07, 6.45) is 1.74. The van der Waals surface area contributed by atoms with Crippen LogP contribution in [0.15, 0.2) is 11.0 Å². The predicted molar refractivity (Wildman–Crippen MR) is 65.4 cm³/mol. The summed E-state index contributed by atoms with van der Waals surface area (Å²) in [4.78, 5) is 11.3. The molecule has 0 atom stereocenters. The van der Waals surface area contributed by atoms with Crippen molar-refractivity contribution in [2.24, 2.45) is 0 Å². The van der Waals surface area contributed by atoms with Gasteiger partial charge in [-0.25, -0.2) is 4.79 Å². The van der Waals surface area contributed by atoms with E-state index in [0.29, 0.717) is 12.4 Å². The van der Waals surface area contributed by atoms with Crippen molar-refractivity contribution in [2.75, 3.05) is 13.2 Å². The second-order valence-electron chi connectivity index (χ2n) is 3.98. The second-order valence-corrected chi connectivity index (χ2v) is 4.47. The van der Waals surface area contributed by atoms with Crippen molar-refractivity contribution < 1.29 is 19.4 Å². The van der Waals surface area contributed by atoms with Crippen molar-refractivity contribution in [3.05, 3.63) is 17.2 Å². The van der Waals surface area contributed by atoms with Crippen molar-refractivity contribution in [1.29, 1.82) is 0 Å². The molecule has 0 saturated heterocycles. The molecule has 0 spiro atoms. The van der Waals surface area contributed by atoms with Crippen LogP contribution in [0.3, 0.4) is 0 Å². The zero-order valence-electron chi connectivity index (χ0n) is 9.52. The number of thiol groups is 1. The number of aliphatic carboxylic acids is 1. The molecule has 2 rings (SSSR count). The smallest absolute Gasteiger partial charge is 0.341 e. The van der Waals surface area contributed by atoms with Crippen LogP contribution in [0.25, 0.3) is 0 Å². The summed E-state index contributed by atoms with van der Waals surface area (Å²) in [5.74, 6) is 0.371. The maximum absolute atomic E-state index is 10.5. The third-order valence-electron chi connectivity index (χ3n) is 2.65. The number of fused-ring (bicyclic) bond motifs is 1. The summed E-state index contributed by atoms with van der Waals surface area (Å²) in [6.45, 7) is 2.22. The van der Waals surface area contributed by atoms with Gasteiger partial charge in [-0.05, 0) is 31.4 Å². The Labute approximate surface area is 105 Å². The Kier molecular flexibility index (Phi) is 3.47. The molecular formula is C12H14O4S. The van der Waals surface area contributed by atoms with E-state index in [1.54, 1.807) is 0 Å². The summed E-state index contributed by atoms with van der Waals surface area (Å²) < 4.78 is 10.9. The highest BCUT2D eigenvalue weighted by Gasteiger charge is 2.21. The Balaban J connectivity index is 2.39. The van der Waals surface area contributed by atoms with Crippen molar-refractivity contribution in [1.82, 2.24) is 0 Å². The maximum atomic E-state index is 10.5. The number of ether oxygens (including phenoxy) is 2. The third-order valence-corrected chi connectivity index (χ3v) is 2.98. The van der Waals surface area contributed by atoms with Gasteiger partial charge in [-0.2, -0.15) is 0 Å². The summed E-state index contributed by atoms with van der Waals surface area (Å²) in [6, 6.07) is 1.84. The summed E-state index contributed by atoms with van der Waals surface area (Å²) in [5.41, 5.74) is 1.82. The van der Waals surface area contributed by atoms with Crippen LogP contribution in [-0.2, 0) is 11.2 Å². The molecule has 0 amide bonds. The van der Waals surface area contributed by atoms with Crippen LogP contribution >= 0.6 is 12.6 Å². The number of hydrogen-bond donors (Lipinski definition) is 2. The van der Waals surface area contributed by atoms with Gasteiger partial charge in [-0.15, -0.1) is 12.6 Å². The van der Waals surface area contributed by atoms with E-state index in [1.807, 2.05) is 13.0 Å². The van der Waals surface area contributed by atoms with Gasteiger partial charge in [0.1, 0.15) is 11.5 Å². The van der Waals surface area contributed by atoms with Crippen molar-refractivity contribution >= 4 is 18.6 Å². The minimum atomic E-state index is -0.982. The second kappa shape index (κ2) is 4.87. The molecule has 4 nitrogen and oxygen atoms in total. The van der Waals surface area contributed by atoms with Gasteiger partial charge in [0.25, 0.3) is 0 Å². The van der Waals surface area contributed by atoms with E-state index in [9.17, 15) is 4.79 Å². The zero-order valence-corrected chi connectivity index (χ0v) is 10.4. The molecule has 17 heavy (non-hydrogen) atoms. The van der Waals surface area contributed by atoms with E-state index >= 15 is 0 Å². The van der Waals surface area contributed by atoms with Gasteiger partial charge in [0.05, 0.1) is 6.61 Å². The highest BCUT2D eigenvalue weighted by atomic mass is 32.1. The first-order valence-electron chi connectivity index (χ1n) is 5.42. The lowest BCUT2D eigenvalue weighted by Crippen LogP contribution is -2.15. The van der Waals surface area contributed by atoms with Gasteiger partial charge in [-0.1, -0.05) is 0 Å². The maximum Gasteiger partial charge on any atom is 0.341 e. The molecule has 1 heterocycles. The highest BCUT2D eigenvalue weighted by molar-refractivity contribution is 7.80. The summed E-state index contributed by atoms with van der Waals surface area (Å²) in [5, 5.41) is 8.65. The van der Waals surface area contributed by atoms with Gasteiger partial charge in [0.2, 0.25) is 0 Å². The fraction of sp³-hybridized carbons (Fsp3) is 0.417. The number of carboxylic acids is 1. The van der Waals surface area contributed by atoms with Crippen LogP contribution in [0, 0.1) is 6.92 Å². The molecule has 0 saturated carbocycles. The van der Waals surface area contributed by atoms with E-state index in [2.05, 4.69) is 12.6 Å². The number of rotatable bonds is 3. The predicted octanol–water partition coefficient (Wildman–Crippen LogP) is 2.07. The summed E-state index contributed by atoms with van der Waals surface area (Å²) >= 11 is 4.36. The molecule has 0 unspecified atom stereocenters. The Hall–Kier alpha value is -1.36. The fourth-order valence-electron chi connectivity index (χ4n) is 1.98. The molecule has 0 bridgehead atoms. The van der Waals surface area contributed by atoms with Crippen LogP contribution in [0.2, 0.25) is 0 Å².